The van der Waals surface area contributed by atoms with Crippen LogP contribution in [-0.2, 0) is 4.79 Å². The number of nitrogens with one attached hydrogen (secondary N) is 2. The Hall–Kier alpha value is -3.46. The maximum Gasteiger partial charge on any atom is 0.337 e. The Morgan fingerprint density at radius 1 is 1.03 bits per heavy atom. The second-order valence-corrected chi connectivity index (χ2v) is 9.06. The molecule has 0 unspecified atom stereocenters. The molecule has 2 aromatic rings. The van der Waals surface area contributed by atoms with Gasteiger partial charge in [0, 0.05) is 43.0 Å². The largest absolute Gasteiger partial charge is 0.478 e. The van der Waals surface area contributed by atoms with Gasteiger partial charge >= 0.3 is 5.97 Å². The number of nitrogens with zero attached hydrogens (tertiary/aromatic N) is 2. The minimum Gasteiger partial charge on any atom is -0.478 e. The zero-order valence-electron chi connectivity index (χ0n) is 19.0. The van der Waals surface area contributed by atoms with Crippen LogP contribution < -0.4 is 15.5 Å². The molecule has 0 spiro atoms. The average Bonchev–Trinajstić information content (AvgIpc) is 2.73. The van der Waals surface area contributed by atoms with Crippen LogP contribution in [0.3, 0.4) is 0 Å². The summed E-state index contributed by atoms with van der Waals surface area (Å²) in [7, 11) is 0. The van der Waals surface area contributed by atoms with E-state index in [2.05, 4.69) is 15.5 Å². The molecule has 1 aliphatic heterocycles. The molecule has 8 nitrogen and oxygen atoms in total. The number of hydrogen-bond acceptors (Lipinski definition) is 5. The van der Waals surface area contributed by atoms with Crippen LogP contribution in [-0.4, -0.2) is 66.1 Å². The van der Waals surface area contributed by atoms with Crippen LogP contribution in [0.15, 0.2) is 42.5 Å². The summed E-state index contributed by atoms with van der Waals surface area (Å²) in [6.07, 6.45) is 0. The molecule has 3 rings (SSSR count). The number of piperazine rings is 1. The lowest BCUT2D eigenvalue weighted by atomic mass is 10.1. The predicted molar refractivity (Wildman–Crippen MR) is 124 cm³/mol. The summed E-state index contributed by atoms with van der Waals surface area (Å²) in [5, 5.41) is 15.2. The molecule has 2 aromatic carbocycles. The molecule has 0 saturated carbocycles. The molecule has 176 valence electrons. The zero-order valence-corrected chi connectivity index (χ0v) is 19.0. The van der Waals surface area contributed by atoms with Crippen molar-refractivity contribution in [3.63, 3.8) is 0 Å². The second-order valence-electron chi connectivity index (χ2n) is 9.06. The predicted octanol–water partition coefficient (Wildman–Crippen LogP) is 2.81. The molecule has 0 atom stereocenters. The van der Waals surface area contributed by atoms with E-state index in [-0.39, 0.29) is 28.3 Å². The molecule has 33 heavy (non-hydrogen) atoms. The van der Waals surface area contributed by atoms with Gasteiger partial charge in [-0.3, -0.25) is 14.5 Å². The van der Waals surface area contributed by atoms with E-state index in [9.17, 15) is 23.9 Å². The lowest BCUT2D eigenvalue weighted by molar-refractivity contribution is -0.123. The van der Waals surface area contributed by atoms with E-state index in [1.54, 1.807) is 12.1 Å². The molecule has 0 aliphatic carbocycles. The van der Waals surface area contributed by atoms with E-state index >= 15 is 0 Å². The summed E-state index contributed by atoms with van der Waals surface area (Å²) < 4.78 is 13.4. The molecule has 0 radical (unpaired) electrons. The second kappa shape index (κ2) is 9.99. The van der Waals surface area contributed by atoms with Crippen molar-refractivity contribution in [1.82, 2.24) is 10.2 Å². The molecule has 1 fully saturated rings. The van der Waals surface area contributed by atoms with Gasteiger partial charge in [-0.15, -0.1) is 0 Å². The Morgan fingerprint density at radius 2 is 1.73 bits per heavy atom. The van der Waals surface area contributed by atoms with E-state index in [1.165, 1.54) is 24.3 Å². The number of halogens is 1. The normalized spacial score (nSPS) is 14.6. The first kappa shape index (κ1) is 24.2. The van der Waals surface area contributed by atoms with Crippen molar-refractivity contribution in [2.75, 3.05) is 42.9 Å². The van der Waals surface area contributed by atoms with Gasteiger partial charge in [0.1, 0.15) is 5.82 Å². The molecule has 0 bridgehead atoms. The smallest absolute Gasteiger partial charge is 0.337 e. The summed E-state index contributed by atoms with van der Waals surface area (Å²) >= 11 is 0. The van der Waals surface area contributed by atoms with Crippen LogP contribution in [0.25, 0.3) is 0 Å². The van der Waals surface area contributed by atoms with Crippen molar-refractivity contribution in [1.29, 1.82) is 0 Å². The maximum absolute atomic E-state index is 13.4. The molecule has 3 N–H and O–H groups in total. The van der Waals surface area contributed by atoms with Crippen LogP contribution in [0.1, 0.15) is 41.5 Å². The first-order valence-electron chi connectivity index (χ1n) is 10.7. The molecular formula is C24H29FN4O4. The van der Waals surface area contributed by atoms with Crippen LogP contribution in [0.5, 0.6) is 0 Å². The molecule has 2 amide bonds. The SMILES string of the molecule is CC(C)(C)NC(=O)CN1CCN(c2ccc(NC(=O)c3cccc(F)c3)c(C(=O)O)c2)CC1. The maximum atomic E-state index is 13.4. The molecule has 1 aliphatic rings. The van der Waals surface area contributed by atoms with Crippen molar-refractivity contribution >= 4 is 29.2 Å². The number of carboxylic acid groups (broad SMARTS) is 1. The summed E-state index contributed by atoms with van der Waals surface area (Å²) in [6.45, 7) is 8.73. The fourth-order valence-electron chi connectivity index (χ4n) is 3.66. The topological polar surface area (TPSA) is 102 Å². The van der Waals surface area contributed by atoms with Crippen molar-refractivity contribution in [2.45, 2.75) is 26.3 Å². The third-order valence-electron chi connectivity index (χ3n) is 5.19. The number of carbonyl (C=O) groups excluding carboxylic acids is 2. The molecular weight excluding hydrogens is 427 g/mol. The molecule has 9 heteroatoms. The highest BCUT2D eigenvalue weighted by atomic mass is 19.1. The lowest BCUT2D eigenvalue weighted by Gasteiger charge is -2.36. The monoisotopic (exact) mass is 456 g/mol. The minimum absolute atomic E-state index is 0.0255. The van der Waals surface area contributed by atoms with Crippen LogP contribution in [0.4, 0.5) is 15.8 Å². The number of amides is 2. The van der Waals surface area contributed by atoms with Crippen molar-refractivity contribution in [3.8, 4) is 0 Å². The van der Waals surface area contributed by atoms with Gasteiger partial charge in [-0.2, -0.15) is 0 Å². The standard InChI is InChI=1S/C24H29FN4O4/c1-24(2,3)27-21(30)15-28-9-11-29(12-10-28)18-7-8-20(19(14-18)23(32)33)26-22(31)16-5-4-6-17(25)13-16/h4-8,13-14H,9-12,15H2,1-3H3,(H,26,31)(H,27,30)(H,32,33). The van der Waals surface area contributed by atoms with Gasteiger partial charge in [0.05, 0.1) is 17.8 Å². The number of anilines is 2. The van der Waals surface area contributed by atoms with E-state index in [0.717, 1.165) is 11.8 Å². The highest BCUT2D eigenvalue weighted by Gasteiger charge is 2.23. The van der Waals surface area contributed by atoms with Gasteiger partial charge in [-0.25, -0.2) is 9.18 Å². The van der Waals surface area contributed by atoms with Gasteiger partial charge < -0.3 is 20.6 Å². The number of rotatable bonds is 6. The Balaban J connectivity index is 1.65. The Labute approximate surface area is 192 Å². The lowest BCUT2D eigenvalue weighted by Crippen LogP contribution is -2.51. The first-order valence-corrected chi connectivity index (χ1v) is 10.7. The van der Waals surface area contributed by atoms with E-state index in [1.807, 2.05) is 25.7 Å². The van der Waals surface area contributed by atoms with Gasteiger partial charge in [0.25, 0.3) is 5.91 Å². The van der Waals surface area contributed by atoms with Crippen molar-refractivity contribution < 1.29 is 23.9 Å². The minimum atomic E-state index is -1.18. The highest BCUT2D eigenvalue weighted by Crippen LogP contribution is 2.25. The fraction of sp³-hybridized carbons (Fsp3) is 0.375. The first-order chi connectivity index (χ1) is 15.5. The summed E-state index contributed by atoms with van der Waals surface area (Å²) in [5.74, 6) is -2.34. The number of hydrogen-bond donors (Lipinski definition) is 3. The van der Waals surface area contributed by atoms with Gasteiger partial charge in [-0.1, -0.05) is 6.07 Å². The zero-order chi connectivity index (χ0) is 24.2. The Morgan fingerprint density at radius 3 is 2.33 bits per heavy atom. The molecule has 0 aromatic heterocycles. The number of benzene rings is 2. The van der Waals surface area contributed by atoms with Gasteiger partial charge in [0.15, 0.2) is 0 Å². The quantitative estimate of drug-likeness (QED) is 0.618. The number of aromatic carboxylic acids is 1. The third kappa shape index (κ3) is 6.76. The average molecular weight is 457 g/mol. The van der Waals surface area contributed by atoms with E-state index in [4.69, 9.17) is 0 Å². The molecule has 1 heterocycles. The van der Waals surface area contributed by atoms with Crippen LogP contribution in [0.2, 0.25) is 0 Å². The number of carboxylic acids is 1. The van der Waals surface area contributed by atoms with Crippen molar-refractivity contribution in [3.05, 3.63) is 59.4 Å². The Bertz CT molecular complexity index is 1040. The van der Waals surface area contributed by atoms with E-state index in [0.29, 0.717) is 32.7 Å². The van der Waals surface area contributed by atoms with E-state index < -0.39 is 17.7 Å². The van der Waals surface area contributed by atoms with Crippen molar-refractivity contribution in [2.24, 2.45) is 0 Å². The van der Waals surface area contributed by atoms with Gasteiger partial charge in [-0.05, 0) is 57.2 Å². The highest BCUT2D eigenvalue weighted by molar-refractivity contribution is 6.08. The summed E-state index contributed by atoms with van der Waals surface area (Å²) in [5.41, 5.74) is 0.622. The Kier molecular flexibility index (Phi) is 7.33. The van der Waals surface area contributed by atoms with Gasteiger partial charge in [0.2, 0.25) is 5.91 Å². The molecule has 1 saturated heterocycles. The summed E-state index contributed by atoms with van der Waals surface area (Å²) in [4.78, 5) is 40.5. The fourth-order valence-corrected chi connectivity index (χ4v) is 3.66. The summed E-state index contributed by atoms with van der Waals surface area (Å²) in [6, 6.07) is 9.99. The third-order valence-corrected chi connectivity index (χ3v) is 5.19. The van der Waals surface area contributed by atoms with Crippen LogP contribution >= 0.6 is 0 Å². The number of carbonyl (C=O) groups is 3. The van der Waals surface area contributed by atoms with Crippen LogP contribution in [0, 0.1) is 5.82 Å².